The number of alkyl halides is 3. The van der Waals surface area contributed by atoms with Crippen LogP contribution in [-0.2, 0) is 4.79 Å². The fourth-order valence-electron chi connectivity index (χ4n) is 0.827. The Morgan fingerprint density at radius 3 is 2.41 bits per heavy atom. The lowest BCUT2D eigenvalue weighted by Crippen LogP contribution is -2.31. The molecule has 0 unspecified atom stereocenters. The summed E-state index contributed by atoms with van der Waals surface area (Å²) >= 11 is 5.36. The first-order valence-electron chi connectivity index (χ1n) is 3.85. The number of aromatic carboxylic acids is 1. The van der Waals surface area contributed by atoms with Crippen molar-refractivity contribution in [1.29, 1.82) is 0 Å². The molecule has 0 aliphatic heterocycles. The van der Waals surface area contributed by atoms with E-state index >= 15 is 0 Å². The van der Waals surface area contributed by atoms with Crippen LogP contribution < -0.4 is 5.32 Å². The predicted octanol–water partition coefficient (Wildman–Crippen LogP) is 1.33. The minimum absolute atomic E-state index is 0.579. The largest absolute Gasteiger partial charge is 0.477 e. The lowest BCUT2D eigenvalue weighted by atomic mass is 10.3. The standard InChI is InChI=1S/C7H3ClF3N3O3/c8-3-2(5(15)16)4(13-1-12-3)14-6(17)7(9,10)11/h1H,(H,15,16)(H,12,13,14,17). The minimum Gasteiger partial charge on any atom is -0.477 e. The van der Waals surface area contributed by atoms with Crippen molar-refractivity contribution in [1.82, 2.24) is 9.97 Å². The third kappa shape index (κ3) is 3.03. The Balaban J connectivity index is 3.12. The van der Waals surface area contributed by atoms with E-state index in [0.717, 1.165) is 6.33 Å². The van der Waals surface area contributed by atoms with Crippen molar-refractivity contribution in [2.45, 2.75) is 6.18 Å². The van der Waals surface area contributed by atoms with Gasteiger partial charge in [-0.2, -0.15) is 13.2 Å². The summed E-state index contributed by atoms with van der Waals surface area (Å²) in [5, 5.41) is 9.38. The highest BCUT2D eigenvalue weighted by Crippen LogP contribution is 2.22. The highest BCUT2D eigenvalue weighted by atomic mass is 35.5. The Bertz CT molecular complexity index is 477. The summed E-state index contributed by atoms with van der Waals surface area (Å²) in [6, 6.07) is 0. The SMILES string of the molecule is O=C(O)c1c(Cl)ncnc1NC(=O)C(F)(F)F. The van der Waals surface area contributed by atoms with Crippen LogP contribution in [0.25, 0.3) is 0 Å². The first-order valence-corrected chi connectivity index (χ1v) is 4.23. The molecule has 1 aromatic rings. The number of nitrogens with zero attached hydrogens (tertiary/aromatic N) is 2. The number of halogens is 4. The Labute approximate surface area is 96.4 Å². The van der Waals surface area contributed by atoms with Gasteiger partial charge in [0.25, 0.3) is 0 Å². The molecule has 0 fully saturated rings. The molecule has 0 spiro atoms. The lowest BCUT2D eigenvalue weighted by Gasteiger charge is -2.09. The van der Waals surface area contributed by atoms with Crippen molar-refractivity contribution in [3.63, 3.8) is 0 Å². The van der Waals surface area contributed by atoms with Gasteiger partial charge in [-0.15, -0.1) is 0 Å². The number of nitrogens with one attached hydrogen (secondary N) is 1. The van der Waals surface area contributed by atoms with E-state index < -0.39 is 34.6 Å². The molecule has 6 nitrogen and oxygen atoms in total. The highest BCUT2D eigenvalue weighted by Gasteiger charge is 2.39. The number of hydrogen-bond donors (Lipinski definition) is 2. The van der Waals surface area contributed by atoms with Crippen LogP contribution in [0, 0.1) is 0 Å². The zero-order valence-electron chi connectivity index (χ0n) is 7.75. The molecule has 1 amide bonds. The van der Waals surface area contributed by atoms with Gasteiger partial charge in [0.1, 0.15) is 17.0 Å². The maximum absolute atomic E-state index is 11.9. The van der Waals surface area contributed by atoms with E-state index in [-0.39, 0.29) is 0 Å². The molecule has 0 radical (unpaired) electrons. The summed E-state index contributed by atoms with van der Waals surface area (Å²) in [6.45, 7) is 0. The fraction of sp³-hybridized carbons (Fsp3) is 0.143. The topological polar surface area (TPSA) is 92.2 Å². The first kappa shape index (κ1) is 13.2. The minimum atomic E-state index is -5.16. The fourth-order valence-corrected chi connectivity index (χ4v) is 1.04. The van der Waals surface area contributed by atoms with Crippen molar-refractivity contribution < 1.29 is 27.9 Å². The molecule has 92 valence electrons. The Hall–Kier alpha value is -1.90. The number of carbonyl (C=O) groups is 2. The van der Waals surface area contributed by atoms with Crippen molar-refractivity contribution in [3.8, 4) is 0 Å². The summed E-state index contributed by atoms with van der Waals surface area (Å²) in [7, 11) is 0. The molecular formula is C7H3ClF3N3O3. The molecule has 0 aromatic carbocycles. The molecule has 0 atom stereocenters. The van der Waals surface area contributed by atoms with Crippen LogP contribution in [0.4, 0.5) is 19.0 Å². The number of aromatic nitrogens is 2. The van der Waals surface area contributed by atoms with Crippen LogP contribution in [0.1, 0.15) is 10.4 Å². The number of rotatable bonds is 2. The van der Waals surface area contributed by atoms with Crippen LogP contribution >= 0.6 is 11.6 Å². The number of carboxylic acids is 1. The van der Waals surface area contributed by atoms with E-state index in [1.807, 2.05) is 0 Å². The molecule has 1 rings (SSSR count). The van der Waals surface area contributed by atoms with Crippen molar-refractivity contribution in [2.24, 2.45) is 0 Å². The summed E-state index contributed by atoms with van der Waals surface area (Å²) in [5.74, 6) is -4.83. The Morgan fingerprint density at radius 1 is 1.35 bits per heavy atom. The van der Waals surface area contributed by atoms with Crippen LogP contribution in [-0.4, -0.2) is 33.1 Å². The zero-order chi connectivity index (χ0) is 13.2. The van der Waals surface area contributed by atoms with E-state index in [4.69, 9.17) is 16.7 Å². The van der Waals surface area contributed by atoms with Crippen LogP contribution in [0.3, 0.4) is 0 Å². The van der Waals surface area contributed by atoms with Gasteiger partial charge < -0.3 is 10.4 Å². The third-order valence-corrected chi connectivity index (χ3v) is 1.79. The molecule has 0 aliphatic carbocycles. The molecule has 0 saturated heterocycles. The Kier molecular flexibility index (Phi) is 3.51. The third-order valence-electron chi connectivity index (χ3n) is 1.50. The van der Waals surface area contributed by atoms with E-state index in [9.17, 15) is 22.8 Å². The summed E-state index contributed by atoms with van der Waals surface area (Å²) in [5.41, 5.74) is -0.813. The van der Waals surface area contributed by atoms with Gasteiger partial charge >= 0.3 is 18.1 Å². The van der Waals surface area contributed by atoms with Gasteiger partial charge in [0.05, 0.1) is 0 Å². The van der Waals surface area contributed by atoms with E-state index in [1.165, 1.54) is 5.32 Å². The zero-order valence-corrected chi connectivity index (χ0v) is 8.50. The molecule has 2 N–H and O–H groups in total. The highest BCUT2D eigenvalue weighted by molar-refractivity contribution is 6.33. The second-order valence-corrected chi connectivity index (χ2v) is 3.00. The van der Waals surface area contributed by atoms with Crippen LogP contribution in [0.5, 0.6) is 0 Å². The molecule has 17 heavy (non-hydrogen) atoms. The normalized spacial score (nSPS) is 11.1. The number of carbonyl (C=O) groups excluding carboxylic acids is 1. The first-order chi connectivity index (χ1) is 7.73. The number of amides is 1. The summed E-state index contributed by atoms with van der Waals surface area (Å²) < 4.78 is 35.8. The second-order valence-electron chi connectivity index (χ2n) is 2.65. The molecule has 0 bridgehead atoms. The number of carboxylic acid groups (broad SMARTS) is 1. The predicted molar refractivity (Wildman–Crippen MR) is 48.7 cm³/mol. The second kappa shape index (κ2) is 4.53. The average Bonchev–Trinajstić information content (AvgIpc) is 2.15. The van der Waals surface area contributed by atoms with Gasteiger partial charge in [0.15, 0.2) is 5.82 Å². The van der Waals surface area contributed by atoms with Gasteiger partial charge in [-0.3, -0.25) is 4.79 Å². The van der Waals surface area contributed by atoms with Gasteiger partial charge in [-0.1, -0.05) is 11.6 Å². The summed E-state index contributed by atoms with van der Waals surface area (Å²) in [6.07, 6.45) is -4.44. The van der Waals surface area contributed by atoms with Gasteiger partial charge in [0.2, 0.25) is 0 Å². The maximum atomic E-state index is 11.9. The Morgan fingerprint density at radius 2 is 1.94 bits per heavy atom. The maximum Gasteiger partial charge on any atom is 0.471 e. The van der Waals surface area contributed by atoms with Crippen LogP contribution in [0.2, 0.25) is 5.15 Å². The molecule has 0 aliphatic rings. The van der Waals surface area contributed by atoms with E-state index in [1.54, 1.807) is 0 Å². The molecule has 10 heteroatoms. The van der Waals surface area contributed by atoms with E-state index in [2.05, 4.69) is 9.97 Å². The van der Waals surface area contributed by atoms with Crippen LogP contribution in [0.15, 0.2) is 6.33 Å². The van der Waals surface area contributed by atoms with Crippen molar-refractivity contribution >= 4 is 29.3 Å². The summed E-state index contributed by atoms with van der Waals surface area (Å²) in [4.78, 5) is 27.7. The number of anilines is 1. The number of hydrogen-bond acceptors (Lipinski definition) is 4. The van der Waals surface area contributed by atoms with Crippen molar-refractivity contribution in [2.75, 3.05) is 5.32 Å². The van der Waals surface area contributed by atoms with Gasteiger partial charge in [0, 0.05) is 0 Å². The molecular weight excluding hydrogens is 267 g/mol. The molecule has 0 saturated carbocycles. The molecule has 1 aromatic heterocycles. The van der Waals surface area contributed by atoms with E-state index in [0.29, 0.717) is 0 Å². The molecule has 1 heterocycles. The smallest absolute Gasteiger partial charge is 0.471 e. The van der Waals surface area contributed by atoms with Gasteiger partial charge in [-0.25, -0.2) is 14.8 Å². The monoisotopic (exact) mass is 269 g/mol. The van der Waals surface area contributed by atoms with Gasteiger partial charge in [-0.05, 0) is 0 Å². The quantitative estimate of drug-likeness (QED) is 0.790. The average molecular weight is 270 g/mol. The lowest BCUT2D eigenvalue weighted by molar-refractivity contribution is -0.167. The van der Waals surface area contributed by atoms with Crippen molar-refractivity contribution in [3.05, 3.63) is 17.0 Å².